The molecule has 0 spiro atoms. The number of hydrogen-bond donors (Lipinski definition) is 0. The van der Waals surface area contributed by atoms with Gasteiger partial charge in [-0.25, -0.2) is 14.5 Å². The van der Waals surface area contributed by atoms with E-state index in [4.69, 9.17) is 21.1 Å². The van der Waals surface area contributed by atoms with Crippen molar-refractivity contribution in [3.05, 3.63) is 40.9 Å². The molecule has 27 heavy (non-hydrogen) atoms. The first-order valence-electron chi connectivity index (χ1n) is 8.82. The number of nitrogens with zero attached hydrogens (tertiary/aromatic N) is 4. The molecule has 1 aromatic carbocycles. The smallest absolute Gasteiger partial charge is 0.413 e. The Morgan fingerprint density at radius 3 is 2.67 bits per heavy atom. The Kier molecular flexibility index (Phi) is 4.94. The Labute approximate surface area is 164 Å². The highest BCUT2D eigenvalue weighted by atomic mass is 35.5. The zero-order valence-electron chi connectivity index (χ0n) is 16.5. The van der Waals surface area contributed by atoms with Gasteiger partial charge in [0.2, 0.25) is 0 Å². The summed E-state index contributed by atoms with van der Waals surface area (Å²) in [6, 6.07) is 5.31. The lowest BCUT2D eigenvalue weighted by Crippen LogP contribution is -2.47. The third-order valence-electron chi connectivity index (χ3n) is 4.38. The third kappa shape index (κ3) is 3.94. The number of carbonyl (C=O) groups is 1. The number of carbonyl (C=O) groups excluding carboxylic acids is 1. The lowest BCUT2D eigenvalue weighted by atomic mass is 10.0. The van der Waals surface area contributed by atoms with Crippen molar-refractivity contribution in [1.29, 1.82) is 0 Å². The van der Waals surface area contributed by atoms with Crippen LogP contribution in [0.5, 0.6) is 0 Å². The topological polar surface area (TPSA) is 69.5 Å². The summed E-state index contributed by atoms with van der Waals surface area (Å²) in [5, 5.41) is 4.78. The number of benzene rings is 1. The van der Waals surface area contributed by atoms with E-state index in [1.165, 1.54) is 6.33 Å². The van der Waals surface area contributed by atoms with Gasteiger partial charge in [-0.1, -0.05) is 17.7 Å². The van der Waals surface area contributed by atoms with Crippen molar-refractivity contribution in [2.45, 2.75) is 58.9 Å². The summed E-state index contributed by atoms with van der Waals surface area (Å²) in [5.74, 6) is 0.723. The van der Waals surface area contributed by atoms with E-state index >= 15 is 0 Å². The fourth-order valence-corrected chi connectivity index (χ4v) is 3.34. The van der Waals surface area contributed by atoms with Crippen LogP contribution in [0.4, 0.5) is 4.79 Å². The number of aromatic nitrogens is 3. The fourth-order valence-electron chi connectivity index (χ4n) is 3.14. The van der Waals surface area contributed by atoms with Crippen LogP contribution in [0.15, 0.2) is 24.5 Å². The van der Waals surface area contributed by atoms with Gasteiger partial charge in [-0.05, 0) is 59.2 Å². The molecular weight excluding hydrogens is 368 g/mol. The van der Waals surface area contributed by atoms with Crippen LogP contribution in [0, 0.1) is 6.92 Å². The molecule has 7 nitrogen and oxygen atoms in total. The fraction of sp³-hybridized carbons (Fsp3) is 0.526. The molecule has 0 N–H and O–H groups in total. The van der Waals surface area contributed by atoms with Gasteiger partial charge < -0.3 is 9.47 Å². The minimum Gasteiger partial charge on any atom is -0.444 e. The Bertz CT molecular complexity index is 857. The van der Waals surface area contributed by atoms with Crippen molar-refractivity contribution in [3.63, 3.8) is 0 Å². The number of halogens is 1. The first-order valence-corrected chi connectivity index (χ1v) is 9.20. The van der Waals surface area contributed by atoms with Crippen molar-refractivity contribution in [2.75, 3.05) is 6.61 Å². The maximum absolute atomic E-state index is 12.9. The van der Waals surface area contributed by atoms with E-state index in [0.29, 0.717) is 17.3 Å². The Balaban J connectivity index is 1.99. The van der Waals surface area contributed by atoms with E-state index in [-0.39, 0.29) is 6.04 Å². The van der Waals surface area contributed by atoms with E-state index in [1.54, 1.807) is 15.6 Å². The second-order valence-corrected chi connectivity index (χ2v) is 8.46. The highest BCUT2D eigenvalue weighted by Gasteiger charge is 2.46. The van der Waals surface area contributed by atoms with Crippen LogP contribution in [-0.2, 0) is 9.47 Å². The van der Waals surface area contributed by atoms with E-state index in [1.807, 2.05) is 53.7 Å². The van der Waals surface area contributed by atoms with Crippen molar-refractivity contribution in [2.24, 2.45) is 0 Å². The highest BCUT2D eigenvalue weighted by molar-refractivity contribution is 6.32. The van der Waals surface area contributed by atoms with Crippen LogP contribution in [0.1, 0.15) is 52.0 Å². The molecule has 0 radical (unpaired) electrons. The minimum absolute atomic E-state index is 0.297. The minimum atomic E-state index is -0.782. The number of amides is 1. The molecule has 0 bridgehead atoms. The summed E-state index contributed by atoms with van der Waals surface area (Å²) in [6.45, 7) is 11.5. The maximum atomic E-state index is 12.9. The van der Waals surface area contributed by atoms with Gasteiger partial charge in [0.15, 0.2) is 0 Å². The Hall–Kier alpha value is -2.12. The number of ether oxygens (including phenoxy) is 2. The van der Waals surface area contributed by atoms with Gasteiger partial charge in [0.1, 0.15) is 23.5 Å². The number of rotatable bonds is 2. The second kappa shape index (κ2) is 6.80. The maximum Gasteiger partial charge on any atom is 0.413 e. The van der Waals surface area contributed by atoms with Crippen molar-refractivity contribution >= 4 is 17.7 Å². The van der Waals surface area contributed by atoms with Crippen LogP contribution in [0.3, 0.4) is 0 Å². The zero-order chi connectivity index (χ0) is 20.0. The molecule has 0 aliphatic carbocycles. The molecule has 1 aliphatic heterocycles. The van der Waals surface area contributed by atoms with Gasteiger partial charge in [0.05, 0.1) is 23.4 Å². The molecule has 1 amide bonds. The predicted octanol–water partition coefficient (Wildman–Crippen LogP) is 4.27. The van der Waals surface area contributed by atoms with Crippen molar-refractivity contribution in [3.8, 4) is 5.69 Å². The molecule has 0 saturated carbocycles. The summed E-state index contributed by atoms with van der Waals surface area (Å²) in [7, 11) is 0. The standard InChI is InChI=1S/C19H25ClN4O3/c1-12-21-11-22-24(12)15-9-13(7-8-14(15)20)16-10-26-19(5,6)23(16)17(25)27-18(2,3)4/h7-9,11,16H,10H2,1-6H3/t16-/m1/s1. The van der Waals surface area contributed by atoms with Crippen LogP contribution < -0.4 is 0 Å². The second-order valence-electron chi connectivity index (χ2n) is 8.05. The summed E-state index contributed by atoms with van der Waals surface area (Å²) < 4.78 is 13.2. The molecule has 1 saturated heterocycles. The molecule has 3 rings (SSSR count). The lowest BCUT2D eigenvalue weighted by molar-refractivity contribution is -0.0626. The van der Waals surface area contributed by atoms with Gasteiger partial charge in [0, 0.05) is 0 Å². The van der Waals surface area contributed by atoms with Gasteiger partial charge in [-0.15, -0.1) is 0 Å². The normalized spacial score (nSPS) is 19.4. The molecule has 1 aliphatic rings. The summed E-state index contributed by atoms with van der Waals surface area (Å²) in [5.41, 5.74) is 0.220. The van der Waals surface area contributed by atoms with E-state index < -0.39 is 17.4 Å². The van der Waals surface area contributed by atoms with Gasteiger partial charge in [-0.3, -0.25) is 4.90 Å². The van der Waals surface area contributed by atoms with E-state index in [0.717, 1.165) is 11.4 Å². The zero-order valence-corrected chi connectivity index (χ0v) is 17.2. The summed E-state index contributed by atoms with van der Waals surface area (Å²) in [6.07, 6.45) is 1.07. The molecule has 146 valence electrons. The Morgan fingerprint density at radius 2 is 2.07 bits per heavy atom. The monoisotopic (exact) mass is 392 g/mol. The average molecular weight is 393 g/mol. The molecule has 2 heterocycles. The van der Waals surface area contributed by atoms with Crippen LogP contribution in [-0.4, -0.2) is 43.7 Å². The number of hydrogen-bond acceptors (Lipinski definition) is 5. The molecule has 2 aromatic rings. The van der Waals surface area contributed by atoms with Gasteiger partial charge in [-0.2, -0.15) is 5.10 Å². The quantitative estimate of drug-likeness (QED) is 0.763. The Morgan fingerprint density at radius 1 is 1.37 bits per heavy atom. The first kappa shape index (κ1) is 19.6. The van der Waals surface area contributed by atoms with E-state index in [2.05, 4.69) is 10.1 Å². The van der Waals surface area contributed by atoms with Gasteiger partial charge >= 0.3 is 6.09 Å². The van der Waals surface area contributed by atoms with Crippen molar-refractivity contribution < 1.29 is 14.3 Å². The van der Waals surface area contributed by atoms with Crippen molar-refractivity contribution in [1.82, 2.24) is 19.7 Å². The van der Waals surface area contributed by atoms with Gasteiger partial charge in [0.25, 0.3) is 0 Å². The molecule has 8 heteroatoms. The van der Waals surface area contributed by atoms with Crippen LogP contribution in [0.25, 0.3) is 5.69 Å². The molecular formula is C19H25ClN4O3. The largest absolute Gasteiger partial charge is 0.444 e. The first-order chi connectivity index (χ1) is 12.5. The molecule has 1 fully saturated rings. The average Bonchev–Trinajstić information content (AvgIpc) is 3.09. The third-order valence-corrected chi connectivity index (χ3v) is 4.70. The molecule has 0 unspecified atom stereocenters. The number of aryl methyl sites for hydroxylation is 1. The SMILES string of the molecule is Cc1ncnn1-c1cc([C@H]2COC(C)(C)N2C(=O)OC(C)(C)C)ccc1Cl. The van der Waals surface area contributed by atoms with Crippen LogP contribution >= 0.6 is 11.6 Å². The lowest BCUT2D eigenvalue weighted by Gasteiger charge is -2.35. The summed E-state index contributed by atoms with van der Waals surface area (Å²) >= 11 is 6.38. The van der Waals surface area contributed by atoms with E-state index in [9.17, 15) is 4.79 Å². The summed E-state index contributed by atoms with van der Waals surface area (Å²) in [4.78, 5) is 18.7. The molecule has 1 aromatic heterocycles. The highest BCUT2D eigenvalue weighted by Crippen LogP contribution is 2.39. The van der Waals surface area contributed by atoms with Crippen LogP contribution in [0.2, 0.25) is 5.02 Å². The predicted molar refractivity (Wildman–Crippen MR) is 102 cm³/mol. The molecule has 1 atom stereocenters.